The highest BCUT2D eigenvalue weighted by Gasteiger charge is 2.33. The Kier molecular flexibility index (Phi) is 5.96. The van der Waals surface area contributed by atoms with Gasteiger partial charge in [-0.1, -0.05) is 11.6 Å². The fraction of sp³-hybridized carbons (Fsp3) is 0.308. The van der Waals surface area contributed by atoms with E-state index in [1.165, 1.54) is 24.8 Å². The van der Waals surface area contributed by atoms with Gasteiger partial charge in [-0.25, -0.2) is 9.97 Å². The number of nitrogens with one attached hydrogen (secondary N) is 1. The molecule has 4 heterocycles. The number of aromatic nitrogens is 6. The Morgan fingerprint density at radius 3 is 2.79 bits per heavy atom. The van der Waals surface area contributed by atoms with E-state index in [1.807, 2.05) is 12.3 Å². The van der Waals surface area contributed by atoms with Crippen LogP contribution in [-0.2, 0) is 7.05 Å². The van der Waals surface area contributed by atoms with E-state index in [0.717, 1.165) is 18.4 Å². The van der Waals surface area contributed by atoms with Crippen LogP contribution in [0.5, 0.6) is 5.75 Å². The van der Waals surface area contributed by atoms with Crippen molar-refractivity contribution in [3.63, 3.8) is 0 Å². The highest BCUT2D eigenvalue weighted by molar-refractivity contribution is 6.36. The molecule has 0 aliphatic heterocycles. The van der Waals surface area contributed by atoms with Crippen LogP contribution >= 0.6 is 11.6 Å². The molecule has 0 aromatic carbocycles. The van der Waals surface area contributed by atoms with Crippen molar-refractivity contribution in [1.29, 1.82) is 5.26 Å². The van der Waals surface area contributed by atoms with Gasteiger partial charge < -0.3 is 24.9 Å². The molecule has 192 valence electrons. The number of nitrogens with two attached hydrogens (primary N) is 1. The summed E-state index contributed by atoms with van der Waals surface area (Å²) in [5, 5.41) is 12.7. The summed E-state index contributed by atoms with van der Waals surface area (Å²) in [6.07, 6.45) is 12.9. The third-order valence-electron chi connectivity index (χ3n) is 7.04. The lowest BCUT2D eigenvalue weighted by Crippen LogP contribution is -2.34. The molecule has 0 saturated heterocycles. The fourth-order valence-electron chi connectivity index (χ4n) is 4.68. The molecular weight excluding hydrogens is 506 g/mol. The van der Waals surface area contributed by atoms with E-state index in [0.29, 0.717) is 47.3 Å². The second kappa shape index (κ2) is 9.46. The summed E-state index contributed by atoms with van der Waals surface area (Å²) in [6, 6.07) is 4.22. The molecule has 38 heavy (non-hydrogen) atoms. The van der Waals surface area contributed by atoms with Crippen LogP contribution in [0.1, 0.15) is 48.9 Å². The molecule has 2 aliphatic carbocycles. The van der Waals surface area contributed by atoms with Crippen molar-refractivity contribution in [3.8, 4) is 11.8 Å². The zero-order valence-corrected chi connectivity index (χ0v) is 21.3. The quantitative estimate of drug-likeness (QED) is 0.338. The van der Waals surface area contributed by atoms with Crippen molar-refractivity contribution in [2.75, 3.05) is 5.32 Å². The summed E-state index contributed by atoms with van der Waals surface area (Å²) in [7, 11) is 1.78. The number of pyridine rings is 2. The topological polar surface area (TPSA) is 150 Å². The van der Waals surface area contributed by atoms with E-state index in [-0.39, 0.29) is 34.1 Å². The monoisotopic (exact) mass is 529 g/mol. The molecule has 0 unspecified atom stereocenters. The first-order valence-corrected chi connectivity index (χ1v) is 12.6. The number of anilines is 2. The molecule has 0 spiro atoms. The molecular formula is C26H24ClN9O2. The van der Waals surface area contributed by atoms with Crippen molar-refractivity contribution in [2.24, 2.45) is 18.7 Å². The van der Waals surface area contributed by atoms with E-state index in [9.17, 15) is 10.1 Å². The van der Waals surface area contributed by atoms with Crippen LogP contribution in [0, 0.1) is 17.2 Å². The van der Waals surface area contributed by atoms with Crippen LogP contribution in [0.25, 0.3) is 16.9 Å². The Balaban J connectivity index is 1.34. The molecule has 2 fully saturated rings. The standard InChI is InChI=1S/C26H24ClN9O2/c1-35-23-22(27)21(38-20(10-29)19-11-30-4-5-31-19)12-32-24(23)34-26(35)33-18-8-16(15-2-3-15)13-36(25(18)37)17-6-14(7-17)9-28/h4-5,8,10-15,17H,2-3,6-7,29H2,1H3,(H,32,33,34). The van der Waals surface area contributed by atoms with Crippen LogP contribution in [0.15, 0.2) is 48.0 Å². The number of nitriles is 1. The van der Waals surface area contributed by atoms with Gasteiger partial charge >= 0.3 is 0 Å². The SMILES string of the molecule is Cn1c(Nc2cc(C3CC3)cn(C3CC(C#N)C3)c2=O)nc2ncc(OC(=CN)c3cnccn3)c(Cl)c21. The predicted molar refractivity (Wildman–Crippen MR) is 142 cm³/mol. The molecule has 0 bridgehead atoms. The van der Waals surface area contributed by atoms with Crippen molar-refractivity contribution < 1.29 is 4.74 Å². The van der Waals surface area contributed by atoms with Crippen molar-refractivity contribution >= 4 is 40.2 Å². The number of halogens is 1. The number of ether oxygens (including phenoxy) is 1. The van der Waals surface area contributed by atoms with Gasteiger partial charge in [0.15, 0.2) is 17.2 Å². The number of hydrogen-bond acceptors (Lipinski definition) is 9. The van der Waals surface area contributed by atoms with Gasteiger partial charge in [0.25, 0.3) is 5.56 Å². The van der Waals surface area contributed by atoms with Gasteiger partial charge in [-0.15, -0.1) is 0 Å². The molecule has 2 aliphatic rings. The maximum Gasteiger partial charge on any atom is 0.274 e. The summed E-state index contributed by atoms with van der Waals surface area (Å²) in [5.41, 5.74) is 8.51. The fourth-order valence-corrected chi connectivity index (χ4v) is 4.98. The van der Waals surface area contributed by atoms with Crippen molar-refractivity contribution in [2.45, 2.75) is 37.6 Å². The van der Waals surface area contributed by atoms with E-state index >= 15 is 0 Å². The first kappa shape index (κ1) is 23.9. The highest BCUT2D eigenvalue weighted by atomic mass is 35.5. The van der Waals surface area contributed by atoms with E-state index in [1.54, 1.807) is 22.4 Å². The summed E-state index contributed by atoms with van der Waals surface area (Å²) >= 11 is 6.73. The average molecular weight is 530 g/mol. The maximum absolute atomic E-state index is 13.4. The second-order valence-electron chi connectivity index (χ2n) is 9.58. The molecule has 2 saturated carbocycles. The lowest BCUT2D eigenvalue weighted by molar-refractivity contribution is 0.243. The van der Waals surface area contributed by atoms with E-state index < -0.39 is 0 Å². The number of aryl methyl sites for hydroxylation is 1. The van der Waals surface area contributed by atoms with Gasteiger partial charge in [-0.05, 0) is 43.2 Å². The molecule has 0 amide bonds. The molecule has 11 nitrogen and oxygen atoms in total. The molecule has 0 atom stereocenters. The minimum absolute atomic E-state index is 0.000859. The first-order valence-electron chi connectivity index (χ1n) is 12.3. The highest BCUT2D eigenvalue weighted by Crippen LogP contribution is 2.42. The van der Waals surface area contributed by atoms with Gasteiger partial charge in [0.2, 0.25) is 5.95 Å². The van der Waals surface area contributed by atoms with Gasteiger partial charge in [-0.3, -0.25) is 9.78 Å². The second-order valence-corrected chi connectivity index (χ2v) is 9.95. The van der Waals surface area contributed by atoms with Crippen LogP contribution in [-0.4, -0.2) is 29.1 Å². The molecule has 0 radical (unpaired) electrons. The largest absolute Gasteiger partial charge is 0.450 e. The molecule has 3 N–H and O–H groups in total. The van der Waals surface area contributed by atoms with Gasteiger partial charge in [0.1, 0.15) is 21.9 Å². The van der Waals surface area contributed by atoms with Gasteiger partial charge in [-0.2, -0.15) is 10.2 Å². The van der Waals surface area contributed by atoms with Crippen LogP contribution < -0.4 is 21.3 Å². The predicted octanol–water partition coefficient (Wildman–Crippen LogP) is 4.01. The first-order chi connectivity index (χ1) is 18.5. The Morgan fingerprint density at radius 2 is 2.11 bits per heavy atom. The smallest absolute Gasteiger partial charge is 0.274 e. The summed E-state index contributed by atoms with van der Waals surface area (Å²) in [5.74, 6) is 1.40. The van der Waals surface area contributed by atoms with E-state index in [4.69, 9.17) is 22.1 Å². The third-order valence-corrected chi connectivity index (χ3v) is 7.41. The van der Waals surface area contributed by atoms with E-state index in [2.05, 4.69) is 31.3 Å². The minimum Gasteiger partial charge on any atom is -0.450 e. The Morgan fingerprint density at radius 1 is 1.29 bits per heavy atom. The average Bonchev–Trinajstić information content (AvgIpc) is 3.70. The maximum atomic E-state index is 13.4. The summed E-state index contributed by atoms with van der Waals surface area (Å²) in [6.45, 7) is 0. The number of imidazole rings is 1. The van der Waals surface area contributed by atoms with Gasteiger partial charge in [0, 0.05) is 37.9 Å². The van der Waals surface area contributed by atoms with Crippen LogP contribution in [0.4, 0.5) is 11.6 Å². The minimum atomic E-state index is -0.146. The molecule has 6 rings (SSSR count). The van der Waals surface area contributed by atoms with Crippen LogP contribution in [0.2, 0.25) is 5.02 Å². The van der Waals surface area contributed by atoms with Crippen LogP contribution in [0.3, 0.4) is 0 Å². The van der Waals surface area contributed by atoms with Gasteiger partial charge in [0.05, 0.1) is 24.4 Å². The Labute approximate surface area is 222 Å². The summed E-state index contributed by atoms with van der Waals surface area (Å²) < 4.78 is 9.42. The normalized spacial score (nSPS) is 19.1. The zero-order chi connectivity index (χ0) is 26.4. The lowest BCUT2D eigenvalue weighted by atomic mass is 9.81. The molecule has 12 heteroatoms. The van der Waals surface area contributed by atoms with Crippen molar-refractivity contribution in [1.82, 2.24) is 29.1 Å². The Bertz CT molecular complexity index is 1660. The summed E-state index contributed by atoms with van der Waals surface area (Å²) in [4.78, 5) is 30.7. The Hall–Kier alpha value is -4.43. The third kappa shape index (κ3) is 4.22. The number of rotatable bonds is 7. The zero-order valence-electron chi connectivity index (χ0n) is 20.5. The molecule has 4 aromatic rings. The van der Waals surface area contributed by atoms with Crippen molar-refractivity contribution in [3.05, 3.63) is 69.9 Å². The number of fused-ring (bicyclic) bond motifs is 1. The molecule has 4 aromatic heterocycles. The number of hydrogen-bond donors (Lipinski definition) is 2. The number of nitrogens with zero attached hydrogens (tertiary/aromatic N) is 7. The lowest BCUT2D eigenvalue weighted by Gasteiger charge is -2.32.